The summed E-state index contributed by atoms with van der Waals surface area (Å²) in [5, 5.41) is 9.79. The van der Waals surface area contributed by atoms with Gasteiger partial charge in [-0.1, -0.05) is 421 Å². The average Bonchev–Trinajstić information content (AvgIpc) is 2.62. The number of rotatable bonds is 81. The van der Waals surface area contributed by atoms with Gasteiger partial charge >= 0.3 is 17.9 Å². The summed E-state index contributed by atoms with van der Waals surface area (Å²) in [5.74, 6) is -1.97. The molecular formula is C90H166NO8+. The number of carbonyl (C=O) groups is 3. The summed E-state index contributed by atoms with van der Waals surface area (Å²) in [6.07, 6.45) is 107. The van der Waals surface area contributed by atoms with Gasteiger partial charge in [0.2, 0.25) is 0 Å². The maximum absolute atomic E-state index is 13.0. The number of esters is 2. The van der Waals surface area contributed by atoms with E-state index < -0.39 is 18.4 Å². The lowest BCUT2D eigenvalue weighted by Gasteiger charge is -2.25. The smallest absolute Gasteiger partial charge is 0.361 e. The largest absolute Gasteiger partial charge is 0.477 e. The highest BCUT2D eigenvalue weighted by Gasteiger charge is 2.25. The number of hydrogen-bond acceptors (Lipinski definition) is 7. The minimum Gasteiger partial charge on any atom is -0.477 e. The van der Waals surface area contributed by atoms with Gasteiger partial charge in [-0.2, -0.15) is 0 Å². The Balaban J connectivity index is 3.93. The van der Waals surface area contributed by atoms with Crippen molar-refractivity contribution < 1.29 is 42.9 Å². The van der Waals surface area contributed by atoms with E-state index in [2.05, 4.69) is 86.8 Å². The second-order valence-electron chi connectivity index (χ2n) is 30.5. The molecule has 0 spiro atoms. The zero-order chi connectivity index (χ0) is 71.8. The Kier molecular flexibility index (Phi) is 77.8. The number of carboxylic acid groups (broad SMARTS) is 1. The van der Waals surface area contributed by atoms with Gasteiger partial charge in [0, 0.05) is 12.8 Å². The van der Waals surface area contributed by atoms with Crippen LogP contribution in [0.4, 0.5) is 0 Å². The fourth-order valence-corrected chi connectivity index (χ4v) is 13.0. The van der Waals surface area contributed by atoms with Crippen LogP contribution < -0.4 is 0 Å². The molecule has 0 aromatic heterocycles. The van der Waals surface area contributed by atoms with Crippen LogP contribution in [-0.4, -0.2) is 87.4 Å². The fourth-order valence-electron chi connectivity index (χ4n) is 13.0. The number of carboxylic acids is 1. The number of quaternary nitrogens is 1. The highest BCUT2D eigenvalue weighted by atomic mass is 16.7. The van der Waals surface area contributed by atoms with Crippen molar-refractivity contribution in [3.63, 3.8) is 0 Å². The molecule has 2 unspecified atom stereocenters. The molecule has 0 aliphatic rings. The van der Waals surface area contributed by atoms with Gasteiger partial charge in [-0.3, -0.25) is 9.59 Å². The van der Waals surface area contributed by atoms with E-state index in [0.29, 0.717) is 17.4 Å². The molecule has 0 rings (SSSR count). The van der Waals surface area contributed by atoms with E-state index in [-0.39, 0.29) is 38.2 Å². The van der Waals surface area contributed by atoms with Crippen molar-refractivity contribution >= 4 is 17.9 Å². The van der Waals surface area contributed by atoms with Gasteiger partial charge < -0.3 is 28.5 Å². The highest BCUT2D eigenvalue weighted by molar-refractivity contribution is 5.71. The normalized spacial score (nSPS) is 12.9. The van der Waals surface area contributed by atoms with Crippen molar-refractivity contribution in [1.82, 2.24) is 0 Å². The molecular weight excluding hydrogens is 1220 g/mol. The van der Waals surface area contributed by atoms with Crippen molar-refractivity contribution in [3.05, 3.63) is 72.9 Å². The molecule has 1 N–H and O–H groups in total. The van der Waals surface area contributed by atoms with Crippen molar-refractivity contribution in [2.24, 2.45) is 0 Å². The molecule has 0 aromatic rings. The molecule has 9 heteroatoms. The van der Waals surface area contributed by atoms with Gasteiger partial charge in [-0.05, 0) is 64.2 Å². The topological polar surface area (TPSA) is 108 Å². The van der Waals surface area contributed by atoms with Crippen molar-refractivity contribution in [2.45, 2.75) is 437 Å². The lowest BCUT2D eigenvalue weighted by atomic mass is 10.0. The Morgan fingerprint density at radius 1 is 0.313 bits per heavy atom. The average molecular weight is 1390 g/mol. The molecule has 0 saturated heterocycles. The van der Waals surface area contributed by atoms with Crippen LogP contribution in [0, 0.1) is 0 Å². The Morgan fingerprint density at radius 3 is 0.859 bits per heavy atom. The lowest BCUT2D eigenvalue weighted by Crippen LogP contribution is -2.40. The number of nitrogens with zero attached hydrogens (tertiary/aromatic N) is 1. The minimum atomic E-state index is -1.51. The molecule has 9 nitrogen and oxygen atoms in total. The zero-order valence-electron chi connectivity index (χ0n) is 66.4. The Labute approximate surface area is 615 Å². The molecule has 0 heterocycles. The van der Waals surface area contributed by atoms with Crippen LogP contribution in [0.5, 0.6) is 0 Å². The number of ether oxygens (including phenoxy) is 4. The predicted octanol–water partition coefficient (Wildman–Crippen LogP) is 27.9. The van der Waals surface area contributed by atoms with Crippen LogP contribution in [0.15, 0.2) is 72.9 Å². The van der Waals surface area contributed by atoms with Crippen molar-refractivity contribution in [1.29, 1.82) is 0 Å². The number of aliphatic carboxylic acids is 1. The summed E-state index contributed by atoms with van der Waals surface area (Å²) in [4.78, 5) is 37.8. The number of unbranched alkanes of at least 4 members (excludes halogenated alkanes) is 54. The standard InChI is InChI=1S/C90H165NO8/c1-6-8-10-12-14-16-18-20-22-24-26-28-30-32-34-36-38-40-41-42-43-44-45-46-47-49-51-53-55-57-59-61-63-65-67-69-71-73-75-77-79-81-88(93)99-86(85-98-90(89(94)95)96-83-82-91(3,4)5)84-97-87(92)80-78-76-74-72-70-68-66-64-62-60-58-56-54-52-50-48-39-37-35-33-31-29-27-25-23-21-19-17-15-13-11-9-7-2/h8,10,14,16,20,22,26,28,32,34,38,40,86,90H,6-7,9,11-13,15,17-19,21,23-25,27,29-31,33,35-37,39,41-85H2,1-5H3/p+1/b10-8-,16-14-,22-20-,28-26-,34-32-,40-38-. The first kappa shape index (κ1) is 95.7. The van der Waals surface area contributed by atoms with E-state index in [4.69, 9.17) is 18.9 Å². The Morgan fingerprint density at radius 2 is 0.576 bits per heavy atom. The van der Waals surface area contributed by atoms with Gasteiger partial charge in [0.1, 0.15) is 13.2 Å². The summed E-state index contributed by atoms with van der Waals surface area (Å²) >= 11 is 0. The number of allylic oxidation sites excluding steroid dienone is 12. The van der Waals surface area contributed by atoms with Crippen LogP contribution in [0.1, 0.15) is 425 Å². The van der Waals surface area contributed by atoms with Crippen LogP contribution in [0.2, 0.25) is 0 Å². The van der Waals surface area contributed by atoms with Gasteiger partial charge in [-0.25, -0.2) is 4.79 Å². The first-order valence-corrected chi connectivity index (χ1v) is 43.1. The van der Waals surface area contributed by atoms with Gasteiger partial charge in [0.15, 0.2) is 6.10 Å². The van der Waals surface area contributed by atoms with Gasteiger partial charge in [0.25, 0.3) is 6.29 Å². The van der Waals surface area contributed by atoms with E-state index in [9.17, 15) is 19.5 Å². The molecule has 578 valence electrons. The third-order valence-corrected chi connectivity index (χ3v) is 19.5. The summed E-state index contributed by atoms with van der Waals surface area (Å²) in [5.41, 5.74) is 0. The third-order valence-electron chi connectivity index (χ3n) is 19.5. The molecule has 0 aliphatic heterocycles. The maximum Gasteiger partial charge on any atom is 0.361 e. The zero-order valence-corrected chi connectivity index (χ0v) is 66.4. The lowest BCUT2D eigenvalue weighted by molar-refractivity contribution is -0.870. The molecule has 0 radical (unpaired) electrons. The SMILES string of the molecule is CC/C=C\C/C=C\C/C=C\C/C=C\C/C=C\C/C=C\CCCCCCCCCCCCCCCCCCCCCCCCC(=O)OC(COC(=O)CCCCCCCCCCCCCCCCCCCCCCCCCCCCCCCCCCC)COC(OCC[N+](C)(C)C)C(=O)O. The Hall–Kier alpha value is -3.27. The first-order valence-electron chi connectivity index (χ1n) is 43.1. The highest BCUT2D eigenvalue weighted by Crippen LogP contribution is 2.20. The third kappa shape index (κ3) is 81.9. The van der Waals surface area contributed by atoms with Crippen LogP contribution in [0.3, 0.4) is 0 Å². The maximum atomic E-state index is 13.0. The number of carbonyl (C=O) groups excluding carboxylic acids is 2. The van der Waals surface area contributed by atoms with Crippen molar-refractivity contribution in [3.8, 4) is 0 Å². The first-order chi connectivity index (χ1) is 48.6. The van der Waals surface area contributed by atoms with Crippen LogP contribution >= 0.6 is 0 Å². The minimum absolute atomic E-state index is 0.176. The fraction of sp³-hybridized carbons (Fsp3) is 0.833. The Bertz CT molecular complexity index is 1860. The quantitative estimate of drug-likeness (QED) is 0.0211. The van der Waals surface area contributed by atoms with Crippen LogP contribution in [-0.2, 0) is 33.3 Å². The monoisotopic (exact) mass is 1390 g/mol. The molecule has 0 bridgehead atoms. The van der Waals surface area contributed by atoms with Gasteiger partial charge in [-0.15, -0.1) is 0 Å². The molecule has 0 fully saturated rings. The van der Waals surface area contributed by atoms with Crippen LogP contribution in [0.25, 0.3) is 0 Å². The van der Waals surface area contributed by atoms with E-state index in [1.807, 2.05) is 21.1 Å². The molecule has 0 amide bonds. The van der Waals surface area contributed by atoms with E-state index in [0.717, 1.165) is 77.0 Å². The summed E-state index contributed by atoms with van der Waals surface area (Å²) in [6, 6.07) is 0. The molecule has 0 aromatic carbocycles. The molecule has 2 atom stereocenters. The van der Waals surface area contributed by atoms with E-state index in [1.54, 1.807) is 0 Å². The second kappa shape index (κ2) is 80.4. The second-order valence-corrected chi connectivity index (χ2v) is 30.5. The predicted molar refractivity (Wildman–Crippen MR) is 429 cm³/mol. The van der Waals surface area contributed by atoms with E-state index in [1.165, 1.54) is 321 Å². The number of hydrogen-bond donors (Lipinski definition) is 1. The van der Waals surface area contributed by atoms with Crippen molar-refractivity contribution in [2.75, 3.05) is 47.5 Å². The van der Waals surface area contributed by atoms with Gasteiger partial charge in [0.05, 0.1) is 34.4 Å². The summed E-state index contributed by atoms with van der Waals surface area (Å²) in [7, 11) is 6.00. The summed E-state index contributed by atoms with van der Waals surface area (Å²) < 4.78 is 23.1. The van der Waals surface area contributed by atoms with E-state index >= 15 is 0 Å². The molecule has 0 saturated carbocycles. The summed E-state index contributed by atoms with van der Waals surface area (Å²) in [6.45, 7) is 4.84. The molecule has 99 heavy (non-hydrogen) atoms. The number of likely N-dealkylation sites (N-methyl/N-ethyl adjacent to an activating group) is 1. The molecule has 0 aliphatic carbocycles.